The quantitative estimate of drug-likeness (QED) is 0.247. The first-order chi connectivity index (χ1) is 14.9. The van der Waals surface area contributed by atoms with Gasteiger partial charge in [-0.05, 0) is 59.0 Å². The minimum atomic E-state index is -0.499. The summed E-state index contributed by atoms with van der Waals surface area (Å²) in [5, 5.41) is 0. The Morgan fingerprint density at radius 3 is 2.35 bits per heavy atom. The Morgan fingerprint density at radius 2 is 1.61 bits per heavy atom. The number of halogens is 2. The molecule has 0 saturated heterocycles. The molecule has 0 bridgehead atoms. The molecule has 31 heavy (non-hydrogen) atoms. The Balaban J connectivity index is 1.51. The first-order valence-electron chi connectivity index (χ1n) is 9.79. The largest absolute Gasteiger partial charge is 0.483 e. The number of ether oxygens (including phenoxy) is 2. The fourth-order valence-electron chi connectivity index (χ4n) is 2.55. The van der Waals surface area contributed by atoms with Gasteiger partial charge in [0.25, 0.3) is 5.91 Å². The second kappa shape index (κ2) is 13.8. The third-order valence-corrected chi connectivity index (χ3v) is 5.21. The molecule has 0 atom stereocenters. The lowest BCUT2D eigenvalue weighted by molar-refractivity contribution is -0.144. The van der Waals surface area contributed by atoms with Crippen molar-refractivity contribution < 1.29 is 23.9 Å². The Bertz CT molecular complexity index is 877. The van der Waals surface area contributed by atoms with Crippen molar-refractivity contribution in [3.63, 3.8) is 0 Å². The summed E-state index contributed by atoms with van der Waals surface area (Å²) in [6.07, 6.45) is 2.17. The maximum Gasteiger partial charge on any atom is 0.305 e. The van der Waals surface area contributed by atoms with Crippen molar-refractivity contribution >= 4 is 49.6 Å². The Kier molecular flexibility index (Phi) is 11.1. The summed E-state index contributed by atoms with van der Waals surface area (Å²) >= 11 is 6.67. The van der Waals surface area contributed by atoms with Gasteiger partial charge >= 0.3 is 5.97 Å². The molecule has 166 valence electrons. The summed E-state index contributed by atoms with van der Waals surface area (Å²) in [5.74, 6) is -0.721. The van der Waals surface area contributed by atoms with Crippen molar-refractivity contribution in [3.05, 3.63) is 63.0 Å². The van der Waals surface area contributed by atoms with Gasteiger partial charge in [-0.1, -0.05) is 46.3 Å². The fourth-order valence-corrected chi connectivity index (χ4v) is 3.71. The zero-order chi connectivity index (χ0) is 22.5. The van der Waals surface area contributed by atoms with Crippen molar-refractivity contribution in [1.29, 1.82) is 0 Å². The fraction of sp³-hybridized carbons (Fsp3) is 0.318. The number of esters is 1. The number of nitrogens with one attached hydrogen (secondary N) is 2. The molecule has 0 saturated carbocycles. The van der Waals surface area contributed by atoms with Gasteiger partial charge in [0.1, 0.15) is 5.75 Å². The van der Waals surface area contributed by atoms with Crippen LogP contribution in [0.5, 0.6) is 5.75 Å². The van der Waals surface area contributed by atoms with E-state index in [1.54, 1.807) is 18.2 Å². The molecule has 2 aromatic carbocycles. The molecule has 0 aliphatic carbocycles. The Labute approximate surface area is 198 Å². The summed E-state index contributed by atoms with van der Waals surface area (Å²) < 4.78 is 12.1. The van der Waals surface area contributed by atoms with Crippen LogP contribution in [-0.2, 0) is 25.5 Å². The highest BCUT2D eigenvalue weighted by atomic mass is 79.9. The Hall–Kier alpha value is -2.39. The molecule has 7 nitrogen and oxygen atoms in total. The molecule has 0 aromatic heterocycles. The van der Waals surface area contributed by atoms with E-state index in [0.29, 0.717) is 23.2 Å². The van der Waals surface area contributed by atoms with E-state index in [1.165, 1.54) is 5.56 Å². The van der Waals surface area contributed by atoms with Crippen LogP contribution in [0.2, 0.25) is 0 Å². The predicted octanol–water partition coefficient (Wildman–Crippen LogP) is 4.08. The van der Waals surface area contributed by atoms with Crippen molar-refractivity contribution in [3.8, 4) is 5.75 Å². The van der Waals surface area contributed by atoms with Crippen molar-refractivity contribution in [1.82, 2.24) is 10.9 Å². The molecule has 0 aliphatic rings. The van der Waals surface area contributed by atoms with E-state index in [0.717, 1.165) is 17.3 Å². The normalized spacial score (nSPS) is 10.3. The molecule has 0 fully saturated rings. The van der Waals surface area contributed by atoms with Crippen LogP contribution in [0, 0.1) is 0 Å². The second-order valence-corrected chi connectivity index (χ2v) is 8.39. The minimum absolute atomic E-state index is 0.0957. The second-order valence-electron chi connectivity index (χ2n) is 6.62. The number of rotatable bonds is 11. The van der Waals surface area contributed by atoms with Crippen LogP contribution in [0.25, 0.3) is 0 Å². The van der Waals surface area contributed by atoms with E-state index in [1.807, 2.05) is 30.3 Å². The number of hydrazine groups is 1. The highest BCUT2D eigenvalue weighted by molar-refractivity contribution is 9.11. The molecule has 2 amide bonds. The monoisotopic (exact) mass is 554 g/mol. The van der Waals surface area contributed by atoms with Gasteiger partial charge in [0.2, 0.25) is 5.91 Å². The summed E-state index contributed by atoms with van der Waals surface area (Å²) in [5.41, 5.74) is 5.77. The summed E-state index contributed by atoms with van der Waals surface area (Å²) in [4.78, 5) is 35.3. The van der Waals surface area contributed by atoms with E-state index in [2.05, 4.69) is 42.7 Å². The van der Waals surface area contributed by atoms with E-state index in [-0.39, 0.29) is 25.4 Å². The smallest absolute Gasteiger partial charge is 0.305 e. The molecule has 9 heteroatoms. The molecular weight excluding hydrogens is 532 g/mol. The lowest BCUT2D eigenvalue weighted by atomic mass is 10.1. The number of benzene rings is 2. The van der Waals surface area contributed by atoms with E-state index in [4.69, 9.17) is 9.47 Å². The van der Waals surface area contributed by atoms with E-state index < -0.39 is 11.8 Å². The van der Waals surface area contributed by atoms with E-state index >= 15 is 0 Å². The number of carbonyl (C=O) groups is 3. The first kappa shape index (κ1) is 24.9. The maximum absolute atomic E-state index is 11.8. The molecule has 2 rings (SSSR count). The van der Waals surface area contributed by atoms with Crippen molar-refractivity contribution in [2.24, 2.45) is 0 Å². The number of amides is 2. The highest BCUT2D eigenvalue weighted by Crippen LogP contribution is 2.28. The number of carbonyl (C=O) groups excluding carboxylic acids is 3. The lowest BCUT2D eigenvalue weighted by Crippen LogP contribution is -2.43. The first-order valence-corrected chi connectivity index (χ1v) is 11.4. The molecule has 0 unspecified atom stereocenters. The highest BCUT2D eigenvalue weighted by Gasteiger charge is 2.09. The minimum Gasteiger partial charge on any atom is -0.483 e. The van der Waals surface area contributed by atoms with Gasteiger partial charge in [-0.25, -0.2) is 0 Å². The molecule has 0 heterocycles. The topological polar surface area (TPSA) is 93.7 Å². The zero-order valence-electron chi connectivity index (χ0n) is 16.9. The van der Waals surface area contributed by atoms with Gasteiger partial charge in [-0.3, -0.25) is 25.2 Å². The third-order valence-electron chi connectivity index (χ3n) is 4.09. The van der Waals surface area contributed by atoms with Crippen LogP contribution in [0.4, 0.5) is 0 Å². The SMILES string of the molecule is O=C(CCCC(=O)OCCCc1ccccc1)NNC(=O)COc1ccc(Br)cc1Br. The van der Waals surface area contributed by atoms with Crippen molar-refractivity contribution in [2.75, 3.05) is 13.2 Å². The van der Waals surface area contributed by atoms with Gasteiger partial charge < -0.3 is 9.47 Å². The van der Waals surface area contributed by atoms with Crippen LogP contribution < -0.4 is 15.6 Å². The molecule has 0 spiro atoms. The number of aryl methyl sites for hydroxylation is 1. The van der Waals surface area contributed by atoms with Gasteiger partial charge in [0.15, 0.2) is 6.61 Å². The lowest BCUT2D eigenvalue weighted by Gasteiger charge is -2.10. The van der Waals surface area contributed by atoms with Gasteiger partial charge in [-0.15, -0.1) is 0 Å². The predicted molar refractivity (Wildman–Crippen MR) is 123 cm³/mol. The van der Waals surface area contributed by atoms with E-state index in [9.17, 15) is 14.4 Å². The summed E-state index contributed by atoms with van der Waals surface area (Å²) in [6.45, 7) is 0.0975. The van der Waals surface area contributed by atoms with Crippen LogP contribution in [0.1, 0.15) is 31.2 Å². The molecular formula is C22H24Br2N2O5. The molecule has 2 N–H and O–H groups in total. The standard InChI is InChI=1S/C22H24Br2N2O5/c23-17-11-12-19(18(24)14-17)31-15-21(28)26-25-20(27)9-4-10-22(29)30-13-5-8-16-6-2-1-3-7-16/h1-3,6-7,11-12,14H,4-5,8-10,13,15H2,(H,25,27)(H,26,28). The maximum atomic E-state index is 11.8. The van der Waals surface area contributed by atoms with Gasteiger partial charge in [0, 0.05) is 17.3 Å². The number of hydrogen-bond donors (Lipinski definition) is 2. The average Bonchev–Trinajstić information content (AvgIpc) is 2.75. The van der Waals surface area contributed by atoms with Crippen LogP contribution in [0.15, 0.2) is 57.5 Å². The van der Waals surface area contributed by atoms with Crippen molar-refractivity contribution in [2.45, 2.75) is 32.1 Å². The molecule has 0 aliphatic heterocycles. The summed E-state index contributed by atoms with van der Waals surface area (Å²) in [7, 11) is 0. The third kappa shape index (κ3) is 10.5. The summed E-state index contributed by atoms with van der Waals surface area (Å²) in [6, 6.07) is 15.3. The average molecular weight is 556 g/mol. The van der Waals surface area contributed by atoms with Gasteiger partial charge in [0.05, 0.1) is 11.1 Å². The molecule has 2 aromatic rings. The zero-order valence-corrected chi connectivity index (χ0v) is 20.0. The van der Waals surface area contributed by atoms with Crippen LogP contribution in [0.3, 0.4) is 0 Å². The van der Waals surface area contributed by atoms with Crippen LogP contribution >= 0.6 is 31.9 Å². The Morgan fingerprint density at radius 1 is 0.871 bits per heavy atom. The van der Waals surface area contributed by atoms with Gasteiger partial charge in [-0.2, -0.15) is 0 Å². The molecule has 0 radical (unpaired) electrons. The van der Waals surface area contributed by atoms with Crippen LogP contribution in [-0.4, -0.2) is 31.0 Å². The number of hydrogen-bond acceptors (Lipinski definition) is 5.